The first-order valence-electron chi connectivity index (χ1n) is 6.39. The van der Waals surface area contributed by atoms with Gasteiger partial charge in [-0.25, -0.2) is 0 Å². The van der Waals surface area contributed by atoms with Crippen LogP contribution in [0.25, 0.3) is 11.3 Å². The molecule has 3 rings (SSSR count). The van der Waals surface area contributed by atoms with Crippen LogP contribution in [0.2, 0.25) is 0 Å². The van der Waals surface area contributed by atoms with E-state index in [9.17, 15) is 0 Å². The molecule has 0 spiro atoms. The maximum atomic E-state index is 5.42. The van der Waals surface area contributed by atoms with Crippen LogP contribution in [0.1, 0.15) is 30.0 Å². The molecule has 1 aliphatic rings. The Balaban J connectivity index is 1.98. The zero-order chi connectivity index (χ0) is 12.4. The molecule has 0 atom stereocenters. The van der Waals surface area contributed by atoms with Crippen LogP contribution in [0.5, 0.6) is 0 Å². The predicted octanol–water partition coefficient (Wildman–Crippen LogP) is 2.67. The SMILES string of the molecule is Cc1cccnc1-c1cn[nH]c1C1CCOCC1. The minimum atomic E-state index is 0.512. The van der Waals surface area contributed by atoms with Gasteiger partial charge in [0.25, 0.3) is 0 Å². The lowest BCUT2D eigenvalue weighted by Gasteiger charge is -2.22. The van der Waals surface area contributed by atoms with Gasteiger partial charge >= 0.3 is 0 Å². The molecule has 0 aliphatic carbocycles. The monoisotopic (exact) mass is 243 g/mol. The van der Waals surface area contributed by atoms with Crippen LogP contribution in [-0.2, 0) is 4.74 Å². The van der Waals surface area contributed by atoms with Crippen molar-refractivity contribution in [3.8, 4) is 11.3 Å². The highest BCUT2D eigenvalue weighted by Gasteiger charge is 2.22. The Morgan fingerprint density at radius 1 is 1.33 bits per heavy atom. The highest BCUT2D eigenvalue weighted by atomic mass is 16.5. The third-order valence-electron chi connectivity index (χ3n) is 3.56. The largest absolute Gasteiger partial charge is 0.381 e. The van der Waals surface area contributed by atoms with Gasteiger partial charge < -0.3 is 4.74 Å². The minimum Gasteiger partial charge on any atom is -0.381 e. The minimum absolute atomic E-state index is 0.512. The van der Waals surface area contributed by atoms with E-state index >= 15 is 0 Å². The van der Waals surface area contributed by atoms with Gasteiger partial charge in [-0.2, -0.15) is 5.10 Å². The van der Waals surface area contributed by atoms with Crippen LogP contribution in [0.3, 0.4) is 0 Å². The van der Waals surface area contributed by atoms with Gasteiger partial charge in [-0.05, 0) is 31.4 Å². The molecule has 1 fully saturated rings. The average molecular weight is 243 g/mol. The van der Waals surface area contributed by atoms with Crippen LogP contribution < -0.4 is 0 Å². The van der Waals surface area contributed by atoms with E-state index in [4.69, 9.17) is 4.74 Å². The third kappa shape index (κ3) is 2.04. The molecule has 2 aromatic rings. The molecule has 1 N–H and O–H groups in total. The molecule has 1 saturated heterocycles. The summed E-state index contributed by atoms with van der Waals surface area (Å²) in [7, 11) is 0. The molecule has 1 aliphatic heterocycles. The number of aromatic amines is 1. The second kappa shape index (κ2) is 4.90. The van der Waals surface area contributed by atoms with E-state index in [1.54, 1.807) is 0 Å². The summed E-state index contributed by atoms with van der Waals surface area (Å²) in [5.41, 5.74) is 4.57. The fourth-order valence-electron chi connectivity index (χ4n) is 2.55. The average Bonchev–Trinajstić information content (AvgIpc) is 2.89. The first-order chi connectivity index (χ1) is 8.86. The molecule has 0 aromatic carbocycles. The molecular formula is C14H17N3O. The van der Waals surface area contributed by atoms with E-state index in [0.29, 0.717) is 5.92 Å². The van der Waals surface area contributed by atoms with Crippen LogP contribution in [0.15, 0.2) is 24.5 Å². The molecule has 0 bridgehead atoms. The maximum absolute atomic E-state index is 5.42. The van der Waals surface area contributed by atoms with E-state index in [-0.39, 0.29) is 0 Å². The van der Waals surface area contributed by atoms with E-state index in [0.717, 1.165) is 37.3 Å². The first kappa shape index (κ1) is 11.4. The van der Waals surface area contributed by atoms with Crippen LogP contribution in [-0.4, -0.2) is 28.4 Å². The van der Waals surface area contributed by atoms with Crippen molar-refractivity contribution < 1.29 is 4.74 Å². The van der Waals surface area contributed by atoms with Gasteiger partial charge in [-0.1, -0.05) is 6.07 Å². The number of aryl methyl sites for hydroxylation is 1. The standard InChI is InChI=1S/C14H17N3O/c1-10-3-2-6-15-13(10)12-9-16-17-14(12)11-4-7-18-8-5-11/h2-3,6,9,11H,4-5,7-8H2,1H3,(H,16,17). The van der Waals surface area contributed by atoms with Crippen molar-refractivity contribution in [1.29, 1.82) is 0 Å². The second-order valence-corrected chi connectivity index (χ2v) is 4.75. The van der Waals surface area contributed by atoms with Crippen molar-refractivity contribution >= 4 is 0 Å². The Kier molecular flexibility index (Phi) is 3.11. The number of nitrogens with one attached hydrogen (secondary N) is 1. The van der Waals surface area contributed by atoms with Crippen LogP contribution in [0.4, 0.5) is 0 Å². The predicted molar refractivity (Wildman–Crippen MR) is 69.3 cm³/mol. The number of pyridine rings is 1. The lowest BCUT2D eigenvalue weighted by molar-refractivity contribution is 0.0846. The number of rotatable bonds is 2. The molecule has 0 unspecified atom stereocenters. The summed E-state index contributed by atoms with van der Waals surface area (Å²) in [6.07, 6.45) is 5.84. The van der Waals surface area contributed by atoms with E-state index in [1.165, 1.54) is 11.3 Å². The molecule has 18 heavy (non-hydrogen) atoms. The van der Waals surface area contributed by atoms with Crippen molar-refractivity contribution in [3.05, 3.63) is 35.8 Å². The Morgan fingerprint density at radius 2 is 2.17 bits per heavy atom. The van der Waals surface area contributed by atoms with Crippen LogP contribution in [0, 0.1) is 6.92 Å². The lowest BCUT2D eigenvalue weighted by atomic mass is 9.92. The van der Waals surface area contributed by atoms with Gasteiger partial charge in [0, 0.05) is 36.6 Å². The Labute approximate surface area is 106 Å². The van der Waals surface area contributed by atoms with Crippen molar-refractivity contribution in [2.45, 2.75) is 25.7 Å². The smallest absolute Gasteiger partial charge is 0.0765 e. The van der Waals surface area contributed by atoms with E-state index in [2.05, 4.69) is 28.2 Å². The van der Waals surface area contributed by atoms with Gasteiger partial charge in [-0.15, -0.1) is 0 Å². The molecule has 3 heterocycles. The normalized spacial score (nSPS) is 16.9. The Bertz CT molecular complexity index is 529. The van der Waals surface area contributed by atoms with Crippen molar-refractivity contribution in [2.24, 2.45) is 0 Å². The van der Waals surface area contributed by atoms with E-state index < -0.39 is 0 Å². The summed E-state index contributed by atoms with van der Waals surface area (Å²) in [6, 6.07) is 4.05. The summed E-state index contributed by atoms with van der Waals surface area (Å²) in [6.45, 7) is 3.76. The number of ether oxygens (including phenoxy) is 1. The van der Waals surface area contributed by atoms with Gasteiger partial charge in [0.05, 0.1) is 11.9 Å². The molecule has 0 radical (unpaired) electrons. The highest BCUT2D eigenvalue weighted by Crippen LogP contribution is 2.33. The molecule has 4 heteroatoms. The van der Waals surface area contributed by atoms with Gasteiger partial charge in [-0.3, -0.25) is 10.1 Å². The fraction of sp³-hybridized carbons (Fsp3) is 0.429. The topological polar surface area (TPSA) is 50.8 Å². The van der Waals surface area contributed by atoms with Gasteiger partial charge in [0.1, 0.15) is 0 Å². The molecule has 94 valence electrons. The zero-order valence-electron chi connectivity index (χ0n) is 10.5. The third-order valence-corrected chi connectivity index (χ3v) is 3.56. The number of hydrogen-bond acceptors (Lipinski definition) is 3. The highest BCUT2D eigenvalue weighted by molar-refractivity contribution is 5.65. The zero-order valence-corrected chi connectivity index (χ0v) is 10.5. The quantitative estimate of drug-likeness (QED) is 0.882. The molecule has 4 nitrogen and oxygen atoms in total. The molecular weight excluding hydrogens is 226 g/mol. The van der Waals surface area contributed by atoms with Gasteiger partial charge in [0.2, 0.25) is 0 Å². The first-order valence-corrected chi connectivity index (χ1v) is 6.39. The summed E-state index contributed by atoms with van der Waals surface area (Å²) >= 11 is 0. The molecule has 0 amide bonds. The number of H-pyrrole nitrogens is 1. The molecule has 0 saturated carbocycles. The maximum Gasteiger partial charge on any atom is 0.0765 e. The fourth-order valence-corrected chi connectivity index (χ4v) is 2.55. The summed E-state index contributed by atoms with van der Waals surface area (Å²) in [4.78, 5) is 4.48. The van der Waals surface area contributed by atoms with Crippen molar-refractivity contribution in [3.63, 3.8) is 0 Å². The molecule has 2 aromatic heterocycles. The second-order valence-electron chi connectivity index (χ2n) is 4.75. The Morgan fingerprint density at radius 3 is 2.94 bits per heavy atom. The van der Waals surface area contributed by atoms with Crippen LogP contribution >= 0.6 is 0 Å². The summed E-state index contributed by atoms with van der Waals surface area (Å²) < 4.78 is 5.42. The van der Waals surface area contributed by atoms with Crippen molar-refractivity contribution in [2.75, 3.05) is 13.2 Å². The Hall–Kier alpha value is -1.68. The lowest BCUT2D eigenvalue weighted by Crippen LogP contribution is -2.15. The number of aromatic nitrogens is 3. The van der Waals surface area contributed by atoms with Crippen molar-refractivity contribution in [1.82, 2.24) is 15.2 Å². The van der Waals surface area contributed by atoms with E-state index in [1.807, 2.05) is 18.5 Å². The summed E-state index contributed by atoms with van der Waals surface area (Å²) in [5, 5.41) is 7.36. The number of hydrogen-bond donors (Lipinski definition) is 1. The summed E-state index contributed by atoms with van der Waals surface area (Å²) in [5.74, 6) is 0.512. The van der Waals surface area contributed by atoms with Gasteiger partial charge in [0.15, 0.2) is 0 Å². The number of nitrogens with zero attached hydrogens (tertiary/aromatic N) is 2.